The summed E-state index contributed by atoms with van der Waals surface area (Å²) in [6, 6.07) is 8.22. The lowest BCUT2D eigenvalue weighted by Crippen LogP contribution is -1.55. The second kappa shape index (κ2) is 3.71. The van der Waals surface area contributed by atoms with E-state index in [9.17, 15) is 0 Å². The van der Waals surface area contributed by atoms with E-state index < -0.39 is 0 Å². The standard InChI is InChI=1S/C10H7NS2/c1-2-11-10-6-5-9(13-10)8-4-3-7-12-8/h3-7H,1H2. The van der Waals surface area contributed by atoms with Gasteiger partial charge in [-0.25, -0.2) is 0 Å². The Balaban J connectivity index is 2.38. The molecule has 0 aromatic carbocycles. The molecule has 0 aliphatic carbocycles. The van der Waals surface area contributed by atoms with Crippen molar-refractivity contribution in [2.75, 3.05) is 0 Å². The van der Waals surface area contributed by atoms with Crippen molar-refractivity contribution in [2.24, 2.45) is 4.99 Å². The summed E-state index contributed by atoms with van der Waals surface area (Å²) in [5.41, 5.74) is 0. The van der Waals surface area contributed by atoms with Crippen LogP contribution < -0.4 is 0 Å². The highest BCUT2D eigenvalue weighted by Gasteiger charge is 2.01. The molecule has 0 radical (unpaired) electrons. The first-order valence-corrected chi connectivity index (χ1v) is 5.46. The van der Waals surface area contributed by atoms with Crippen LogP contribution in [-0.4, -0.2) is 5.87 Å². The number of hydrogen-bond donors (Lipinski definition) is 0. The molecule has 64 valence electrons. The molecule has 0 bridgehead atoms. The van der Waals surface area contributed by atoms with Crippen LogP contribution in [0.4, 0.5) is 5.00 Å². The highest BCUT2D eigenvalue weighted by molar-refractivity contribution is 7.23. The van der Waals surface area contributed by atoms with Gasteiger partial charge in [-0.3, -0.25) is 0 Å². The number of thiophene rings is 2. The summed E-state index contributed by atoms with van der Waals surface area (Å²) < 4.78 is 0. The fourth-order valence-electron chi connectivity index (χ4n) is 1.02. The van der Waals surface area contributed by atoms with Crippen LogP contribution in [0, 0.1) is 0 Å². The van der Waals surface area contributed by atoms with Crippen LogP contribution in [-0.2, 0) is 0 Å². The third kappa shape index (κ3) is 1.78. The minimum absolute atomic E-state index is 0.957. The van der Waals surface area contributed by atoms with Gasteiger partial charge in [0.2, 0.25) is 0 Å². The Hall–Kier alpha value is -1.15. The Labute approximate surface area is 84.7 Å². The summed E-state index contributed by atoms with van der Waals surface area (Å²) in [5, 5.41) is 3.03. The van der Waals surface area contributed by atoms with Crippen molar-refractivity contribution in [1.82, 2.24) is 0 Å². The quantitative estimate of drug-likeness (QED) is 0.658. The van der Waals surface area contributed by atoms with Crippen molar-refractivity contribution in [1.29, 1.82) is 0 Å². The molecule has 0 aliphatic rings. The van der Waals surface area contributed by atoms with E-state index in [0.717, 1.165) is 5.00 Å². The minimum Gasteiger partial charge on any atom is -0.196 e. The average molecular weight is 205 g/mol. The summed E-state index contributed by atoms with van der Waals surface area (Å²) in [6.45, 7) is 3.45. The smallest absolute Gasteiger partial charge is 0.126 e. The predicted octanol–water partition coefficient (Wildman–Crippen LogP) is 3.96. The Morgan fingerprint density at radius 2 is 2.15 bits per heavy atom. The third-order valence-corrected chi connectivity index (χ3v) is 3.59. The molecule has 0 saturated carbocycles. The number of hydrogen-bond acceptors (Lipinski definition) is 3. The van der Waals surface area contributed by atoms with Crippen LogP contribution in [0.25, 0.3) is 9.75 Å². The maximum Gasteiger partial charge on any atom is 0.126 e. The zero-order valence-corrected chi connectivity index (χ0v) is 8.49. The maximum absolute atomic E-state index is 4.00. The molecule has 0 unspecified atom stereocenters. The lowest BCUT2D eigenvalue weighted by molar-refractivity contribution is 1.68. The summed E-state index contributed by atoms with van der Waals surface area (Å²) in [5.74, 6) is 2.53. The summed E-state index contributed by atoms with van der Waals surface area (Å²) in [6.07, 6.45) is 0. The van der Waals surface area contributed by atoms with E-state index in [1.165, 1.54) is 9.75 Å². The van der Waals surface area contributed by atoms with Gasteiger partial charge in [0.25, 0.3) is 0 Å². The van der Waals surface area contributed by atoms with E-state index >= 15 is 0 Å². The summed E-state index contributed by atoms with van der Waals surface area (Å²) in [7, 11) is 0. The van der Waals surface area contributed by atoms with E-state index in [-0.39, 0.29) is 0 Å². The summed E-state index contributed by atoms with van der Waals surface area (Å²) in [4.78, 5) is 6.54. The summed E-state index contributed by atoms with van der Waals surface area (Å²) >= 11 is 3.40. The second-order valence-corrected chi connectivity index (χ2v) is 4.40. The topological polar surface area (TPSA) is 12.4 Å². The van der Waals surface area contributed by atoms with Gasteiger partial charge in [0, 0.05) is 9.75 Å². The van der Waals surface area contributed by atoms with E-state index in [4.69, 9.17) is 0 Å². The Kier molecular flexibility index (Phi) is 2.41. The van der Waals surface area contributed by atoms with Crippen molar-refractivity contribution in [2.45, 2.75) is 0 Å². The zero-order chi connectivity index (χ0) is 9.10. The fraction of sp³-hybridized carbons (Fsp3) is 0. The molecule has 0 N–H and O–H groups in total. The molecule has 0 atom stereocenters. The molecule has 0 amide bonds. The molecule has 0 saturated heterocycles. The first-order valence-electron chi connectivity index (χ1n) is 3.76. The zero-order valence-electron chi connectivity index (χ0n) is 6.86. The Bertz CT molecular complexity index is 433. The molecular weight excluding hydrogens is 198 g/mol. The lowest BCUT2D eigenvalue weighted by atomic mass is 10.4. The van der Waals surface area contributed by atoms with E-state index in [2.05, 4.69) is 41.0 Å². The predicted molar refractivity (Wildman–Crippen MR) is 60.4 cm³/mol. The van der Waals surface area contributed by atoms with Crippen molar-refractivity contribution in [3.8, 4) is 9.75 Å². The lowest BCUT2D eigenvalue weighted by Gasteiger charge is -1.86. The number of aliphatic imine (C=N–C) groups is 1. The van der Waals surface area contributed by atoms with Gasteiger partial charge < -0.3 is 0 Å². The van der Waals surface area contributed by atoms with Gasteiger partial charge >= 0.3 is 0 Å². The SMILES string of the molecule is C=C=Nc1ccc(-c2cccs2)s1. The van der Waals surface area contributed by atoms with Gasteiger partial charge in [-0.2, -0.15) is 4.99 Å². The fourth-order valence-corrected chi connectivity index (χ4v) is 2.71. The molecule has 2 rings (SSSR count). The monoisotopic (exact) mass is 205 g/mol. The molecule has 3 heteroatoms. The molecule has 2 heterocycles. The van der Waals surface area contributed by atoms with E-state index in [1.807, 2.05) is 6.07 Å². The van der Waals surface area contributed by atoms with Gasteiger partial charge in [0.15, 0.2) is 0 Å². The van der Waals surface area contributed by atoms with Crippen LogP contribution in [0.15, 0.2) is 41.2 Å². The number of nitrogens with zero attached hydrogens (tertiary/aromatic N) is 1. The van der Waals surface area contributed by atoms with Crippen LogP contribution >= 0.6 is 22.7 Å². The average Bonchev–Trinajstić information content (AvgIpc) is 2.70. The molecule has 13 heavy (non-hydrogen) atoms. The maximum atomic E-state index is 4.00. The van der Waals surface area contributed by atoms with Crippen LogP contribution in [0.1, 0.15) is 0 Å². The molecule has 1 nitrogen and oxygen atoms in total. The molecule has 2 aromatic heterocycles. The largest absolute Gasteiger partial charge is 0.196 e. The van der Waals surface area contributed by atoms with Gasteiger partial charge in [-0.05, 0) is 36.0 Å². The van der Waals surface area contributed by atoms with Crippen molar-refractivity contribution >= 4 is 33.5 Å². The van der Waals surface area contributed by atoms with Crippen molar-refractivity contribution in [3.05, 3.63) is 36.2 Å². The van der Waals surface area contributed by atoms with Crippen LogP contribution in [0.5, 0.6) is 0 Å². The second-order valence-electron chi connectivity index (χ2n) is 2.39. The van der Waals surface area contributed by atoms with Crippen molar-refractivity contribution < 1.29 is 0 Å². The first kappa shape index (κ1) is 8.45. The molecule has 0 spiro atoms. The van der Waals surface area contributed by atoms with Gasteiger partial charge in [-0.1, -0.05) is 6.07 Å². The molecule has 2 aromatic rings. The first-order chi connectivity index (χ1) is 6.40. The third-order valence-electron chi connectivity index (χ3n) is 1.55. The highest BCUT2D eigenvalue weighted by atomic mass is 32.1. The normalized spacial score (nSPS) is 9.54. The Morgan fingerprint density at radius 1 is 1.23 bits per heavy atom. The van der Waals surface area contributed by atoms with Crippen LogP contribution in [0.2, 0.25) is 0 Å². The molecule has 0 fully saturated rings. The van der Waals surface area contributed by atoms with E-state index in [0.29, 0.717) is 0 Å². The highest BCUT2D eigenvalue weighted by Crippen LogP contribution is 2.35. The number of rotatable bonds is 2. The van der Waals surface area contributed by atoms with Gasteiger partial charge in [-0.15, -0.1) is 22.7 Å². The van der Waals surface area contributed by atoms with E-state index in [1.54, 1.807) is 22.7 Å². The van der Waals surface area contributed by atoms with Crippen LogP contribution in [0.3, 0.4) is 0 Å². The van der Waals surface area contributed by atoms with Gasteiger partial charge in [0.1, 0.15) is 5.00 Å². The van der Waals surface area contributed by atoms with Crippen molar-refractivity contribution in [3.63, 3.8) is 0 Å². The minimum atomic E-state index is 0.957. The Morgan fingerprint density at radius 3 is 2.85 bits per heavy atom. The molecular formula is C10H7NS2. The molecule has 0 aliphatic heterocycles. The van der Waals surface area contributed by atoms with Gasteiger partial charge in [0.05, 0.1) is 0 Å².